The molecule has 2 rings (SSSR count). The molecule has 0 aliphatic rings. The number of benzene rings is 1. The number of rotatable bonds is 7. The normalized spacial score (nSPS) is 12.2. The number of hydrogen-bond donors (Lipinski definition) is 3. The fourth-order valence-electron chi connectivity index (χ4n) is 2.02. The molecule has 0 unspecified atom stereocenters. The minimum absolute atomic E-state index is 0.264. The number of aliphatic imine (C=N–C) groups is 1. The van der Waals surface area contributed by atoms with Gasteiger partial charge in [-0.1, -0.05) is 18.2 Å². The zero-order valence-electron chi connectivity index (χ0n) is 13.7. The molecule has 130 valence electrons. The first-order valence-electron chi connectivity index (χ1n) is 7.56. The summed E-state index contributed by atoms with van der Waals surface area (Å²) in [6.45, 7) is 3.47. The third-order valence-corrected chi connectivity index (χ3v) is 5.69. The molecule has 0 saturated carbocycles. The number of nitrogens with zero attached hydrogens (tertiary/aromatic N) is 1. The molecule has 0 radical (unpaired) electrons. The van der Waals surface area contributed by atoms with Gasteiger partial charge in [0, 0.05) is 29.9 Å². The molecule has 1 aromatic heterocycles. The topological polar surface area (TPSA) is 82.6 Å². The van der Waals surface area contributed by atoms with Crippen LogP contribution in [-0.2, 0) is 16.6 Å². The third-order valence-electron chi connectivity index (χ3n) is 3.21. The Labute approximate surface area is 147 Å². The molecule has 6 nitrogen and oxygen atoms in total. The van der Waals surface area contributed by atoms with Gasteiger partial charge in [0.1, 0.15) is 0 Å². The van der Waals surface area contributed by atoms with Crippen LogP contribution in [0.1, 0.15) is 9.75 Å². The first-order valence-corrected chi connectivity index (χ1v) is 9.86. The van der Waals surface area contributed by atoms with Crippen molar-refractivity contribution in [3.8, 4) is 0 Å². The van der Waals surface area contributed by atoms with E-state index in [0.29, 0.717) is 19.0 Å². The summed E-state index contributed by atoms with van der Waals surface area (Å²) in [5.74, 6) is 0.639. The molecule has 0 aliphatic heterocycles. The summed E-state index contributed by atoms with van der Waals surface area (Å²) < 4.78 is 26.7. The van der Waals surface area contributed by atoms with Crippen LogP contribution in [0.2, 0.25) is 0 Å². The number of nitrogens with one attached hydrogen (secondary N) is 3. The number of guanidine groups is 1. The zero-order chi connectivity index (χ0) is 17.4. The van der Waals surface area contributed by atoms with E-state index in [1.807, 2.05) is 0 Å². The summed E-state index contributed by atoms with van der Waals surface area (Å²) in [5, 5.41) is 6.29. The van der Waals surface area contributed by atoms with Crippen molar-refractivity contribution in [3.63, 3.8) is 0 Å². The Morgan fingerprint density at radius 1 is 1.08 bits per heavy atom. The molecule has 1 heterocycles. The zero-order valence-corrected chi connectivity index (χ0v) is 15.4. The second-order valence-corrected chi connectivity index (χ2v) is 8.22. The second-order valence-electron chi connectivity index (χ2n) is 5.08. The van der Waals surface area contributed by atoms with Gasteiger partial charge in [-0.2, -0.15) is 0 Å². The van der Waals surface area contributed by atoms with E-state index in [9.17, 15) is 8.42 Å². The maximum atomic E-state index is 12.1. The molecule has 0 amide bonds. The standard InChI is InChI=1S/C16H22N4O2S2/c1-13-8-9-14(23-13)12-19-16(17-2)18-10-11-20-24(21,22)15-6-4-3-5-7-15/h3-9,20H,10-12H2,1-2H3,(H2,17,18,19). The molecule has 8 heteroatoms. The van der Waals surface area contributed by atoms with Crippen molar-refractivity contribution in [2.45, 2.75) is 18.4 Å². The summed E-state index contributed by atoms with van der Waals surface area (Å²) in [6, 6.07) is 12.5. The van der Waals surface area contributed by atoms with Gasteiger partial charge in [-0.25, -0.2) is 13.1 Å². The lowest BCUT2D eigenvalue weighted by molar-refractivity contribution is 0.580. The van der Waals surface area contributed by atoms with Crippen molar-refractivity contribution in [2.75, 3.05) is 20.1 Å². The third kappa shape index (κ3) is 5.63. The molecule has 24 heavy (non-hydrogen) atoms. The molecular formula is C16H22N4O2S2. The highest BCUT2D eigenvalue weighted by Crippen LogP contribution is 2.14. The van der Waals surface area contributed by atoms with Crippen LogP contribution in [-0.4, -0.2) is 34.5 Å². The van der Waals surface area contributed by atoms with Crippen molar-refractivity contribution < 1.29 is 8.42 Å². The van der Waals surface area contributed by atoms with Gasteiger partial charge < -0.3 is 10.6 Å². The van der Waals surface area contributed by atoms with Crippen LogP contribution in [0.5, 0.6) is 0 Å². The van der Waals surface area contributed by atoms with Crippen molar-refractivity contribution >= 4 is 27.3 Å². The lowest BCUT2D eigenvalue weighted by Crippen LogP contribution is -2.41. The van der Waals surface area contributed by atoms with Gasteiger partial charge in [-0.3, -0.25) is 4.99 Å². The second kappa shape index (κ2) is 8.81. The SMILES string of the molecule is CN=C(NCCNS(=O)(=O)c1ccccc1)NCc1ccc(C)s1. The summed E-state index contributed by atoms with van der Waals surface area (Å²) in [6.07, 6.45) is 0. The number of sulfonamides is 1. The van der Waals surface area contributed by atoms with Gasteiger partial charge in [0.15, 0.2) is 5.96 Å². The summed E-state index contributed by atoms with van der Waals surface area (Å²) in [4.78, 5) is 6.88. The largest absolute Gasteiger partial charge is 0.355 e. The maximum Gasteiger partial charge on any atom is 0.240 e. The summed E-state index contributed by atoms with van der Waals surface area (Å²) >= 11 is 1.73. The molecule has 0 atom stereocenters. The smallest absolute Gasteiger partial charge is 0.240 e. The molecule has 0 aliphatic carbocycles. The van der Waals surface area contributed by atoms with E-state index < -0.39 is 10.0 Å². The lowest BCUT2D eigenvalue weighted by Gasteiger charge is -2.12. The van der Waals surface area contributed by atoms with Crippen molar-refractivity contribution in [3.05, 3.63) is 52.2 Å². The predicted molar refractivity (Wildman–Crippen MR) is 98.9 cm³/mol. The van der Waals surface area contributed by atoms with Crippen LogP contribution >= 0.6 is 11.3 Å². The minimum atomic E-state index is -3.47. The van der Waals surface area contributed by atoms with Gasteiger partial charge in [0.05, 0.1) is 11.4 Å². The van der Waals surface area contributed by atoms with E-state index >= 15 is 0 Å². The van der Waals surface area contributed by atoms with E-state index in [4.69, 9.17) is 0 Å². The van der Waals surface area contributed by atoms with Crippen molar-refractivity contribution in [1.29, 1.82) is 0 Å². The highest BCUT2D eigenvalue weighted by molar-refractivity contribution is 7.89. The highest BCUT2D eigenvalue weighted by Gasteiger charge is 2.12. The van der Waals surface area contributed by atoms with Crippen molar-refractivity contribution in [2.24, 2.45) is 4.99 Å². The fraction of sp³-hybridized carbons (Fsp3) is 0.312. The average molecular weight is 367 g/mol. The number of aryl methyl sites for hydroxylation is 1. The molecule has 3 N–H and O–H groups in total. The Morgan fingerprint density at radius 2 is 1.83 bits per heavy atom. The van der Waals surface area contributed by atoms with E-state index in [1.165, 1.54) is 9.75 Å². The Kier molecular flexibility index (Phi) is 6.77. The molecule has 0 fully saturated rings. The van der Waals surface area contributed by atoms with Crippen LogP contribution in [0, 0.1) is 6.92 Å². The van der Waals surface area contributed by atoms with E-state index in [0.717, 1.165) is 0 Å². The first-order chi connectivity index (χ1) is 11.5. The Hall–Kier alpha value is -1.90. The summed E-state index contributed by atoms with van der Waals surface area (Å²) in [5.41, 5.74) is 0. The van der Waals surface area contributed by atoms with Gasteiger partial charge in [-0.05, 0) is 31.2 Å². The summed E-state index contributed by atoms with van der Waals surface area (Å²) in [7, 11) is -1.78. The van der Waals surface area contributed by atoms with Crippen LogP contribution < -0.4 is 15.4 Å². The molecular weight excluding hydrogens is 344 g/mol. The van der Waals surface area contributed by atoms with Crippen molar-refractivity contribution in [1.82, 2.24) is 15.4 Å². The van der Waals surface area contributed by atoms with E-state index in [1.54, 1.807) is 48.7 Å². The van der Waals surface area contributed by atoms with Gasteiger partial charge >= 0.3 is 0 Å². The predicted octanol–water partition coefficient (Wildman–Crippen LogP) is 1.70. The highest BCUT2D eigenvalue weighted by atomic mass is 32.2. The number of hydrogen-bond acceptors (Lipinski definition) is 4. The molecule has 0 saturated heterocycles. The van der Waals surface area contributed by atoms with Crippen LogP contribution in [0.4, 0.5) is 0 Å². The average Bonchev–Trinajstić information content (AvgIpc) is 3.00. The Bertz CT molecular complexity index is 770. The van der Waals surface area contributed by atoms with E-state index in [-0.39, 0.29) is 11.4 Å². The fourth-order valence-corrected chi connectivity index (χ4v) is 3.90. The minimum Gasteiger partial charge on any atom is -0.355 e. The monoisotopic (exact) mass is 366 g/mol. The Morgan fingerprint density at radius 3 is 2.46 bits per heavy atom. The van der Waals surface area contributed by atoms with Gasteiger partial charge in [0.25, 0.3) is 0 Å². The van der Waals surface area contributed by atoms with Crippen LogP contribution in [0.3, 0.4) is 0 Å². The molecule has 0 bridgehead atoms. The number of thiophene rings is 1. The molecule has 0 spiro atoms. The maximum absolute atomic E-state index is 12.1. The van der Waals surface area contributed by atoms with Crippen LogP contribution in [0.15, 0.2) is 52.4 Å². The van der Waals surface area contributed by atoms with Crippen LogP contribution in [0.25, 0.3) is 0 Å². The molecule has 1 aromatic carbocycles. The first kappa shape index (κ1) is 18.4. The molecule has 2 aromatic rings. The van der Waals surface area contributed by atoms with Gasteiger partial charge in [0.2, 0.25) is 10.0 Å². The lowest BCUT2D eigenvalue weighted by atomic mass is 10.4. The Balaban J connectivity index is 1.74. The van der Waals surface area contributed by atoms with Gasteiger partial charge in [-0.15, -0.1) is 11.3 Å². The quantitative estimate of drug-likeness (QED) is 0.396. The van der Waals surface area contributed by atoms with E-state index in [2.05, 4.69) is 39.4 Å².